The number of carbonyl (C=O) groups is 2. The van der Waals surface area contributed by atoms with Gasteiger partial charge in [0.15, 0.2) is 0 Å². The molecule has 1 atom stereocenters. The number of pyridine rings is 1. The number of carboxylic acid groups (broad SMARTS) is 1. The second-order valence-corrected chi connectivity index (χ2v) is 9.76. The minimum atomic E-state index is -1.03. The number of hydrogen-bond donors (Lipinski definition) is 3. The first-order valence-electron chi connectivity index (χ1n) is 13.3. The number of carboxylic acids is 1. The summed E-state index contributed by atoms with van der Waals surface area (Å²) in [5.74, 6) is 0.0158. The summed E-state index contributed by atoms with van der Waals surface area (Å²) in [5.41, 5.74) is 3.51. The third-order valence-corrected chi connectivity index (χ3v) is 6.91. The van der Waals surface area contributed by atoms with Crippen LogP contribution in [0.1, 0.15) is 55.3 Å². The van der Waals surface area contributed by atoms with Crippen molar-refractivity contribution < 1.29 is 19.4 Å². The molecule has 0 unspecified atom stereocenters. The first-order chi connectivity index (χ1) is 17.6. The zero-order valence-electron chi connectivity index (χ0n) is 21.0. The minimum absolute atomic E-state index is 0.214. The molecule has 3 N–H and O–H groups in total. The third kappa shape index (κ3) is 8.22. The maximum absolute atomic E-state index is 12.2. The number of ether oxygens (including phenoxy) is 1. The number of aryl methyl sites for hydroxylation is 2. The van der Waals surface area contributed by atoms with Crippen molar-refractivity contribution in [1.82, 2.24) is 15.2 Å². The van der Waals surface area contributed by atoms with Gasteiger partial charge in [0.25, 0.3) is 0 Å². The van der Waals surface area contributed by atoms with Crippen molar-refractivity contribution >= 4 is 17.9 Å². The summed E-state index contributed by atoms with van der Waals surface area (Å²) in [4.78, 5) is 31.1. The molecule has 8 heteroatoms. The fraction of sp³-hybridized carbons (Fsp3) is 0.536. The van der Waals surface area contributed by atoms with E-state index in [1.54, 1.807) is 0 Å². The van der Waals surface area contributed by atoms with Gasteiger partial charge < -0.3 is 25.4 Å². The number of hydrogen-bond acceptors (Lipinski definition) is 6. The Morgan fingerprint density at radius 3 is 2.72 bits per heavy atom. The van der Waals surface area contributed by atoms with E-state index >= 15 is 0 Å². The molecule has 1 fully saturated rings. The van der Waals surface area contributed by atoms with Crippen LogP contribution >= 0.6 is 0 Å². The third-order valence-electron chi connectivity index (χ3n) is 6.91. The lowest BCUT2D eigenvalue weighted by atomic mass is 10.1. The Kier molecular flexibility index (Phi) is 9.55. The Morgan fingerprint density at radius 1 is 1.11 bits per heavy atom. The van der Waals surface area contributed by atoms with E-state index in [9.17, 15) is 14.7 Å². The number of unbranched alkanes of at least 4 members (excludes halogenated alkanes) is 1. The van der Waals surface area contributed by atoms with Gasteiger partial charge in [-0.25, -0.2) is 14.6 Å². The van der Waals surface area contributed by atoms with Gasteiger partial charge in [-0.15, -0.1) is 0 Å². The molecule has 4 rings (SSSR count). The Hall–Kier alpha value is -3.13. The van der Waals surface area contributed by atoms with Crippen molar-refractivity contribution in [3.63, 3.8) is 0 Å². The highest BCUT2D eigenvalue weighted by atomic mass is 16.5. The highest BCUT2D eigenvalue weighted by Crippen LogP contribution is 2.27. The highest BCUT2D eigenvalue weighted by Gasteiger charge is 2.30. The lowest BCUT2D eigenvalue weighted by Gasteiger charge is -2.24. The summed E-state index contributed by atoms with van der Waals surface area (Å²) in [6, 6.07) is 13.7. The average Bonchev–Trinajstić information content (AvgIpc) is 3.73. The van der Waals surface area contributed by atoms with Crippen LogP contribution in [0.2, 0.25) is 0 Å². The van der Waals surface area contributed by atoms with Gasteiger partial charge in [0.2, 0.25) is 0 Å². The molecule has 1 aromatic heterocycles. The van der Waals surface area contributed by atoms with E-state index < -0.39 is 18.1 Å². The summed E-state index contributed by atoms with van der Waals surface area (Å²) in [6.07, 6.45) is 7.89. The molecule has 1 amide bonds. The Bertz CT molecular complexity index is 996. The maximum atomic E-state index is 12.2. The molecule has 8 nitrogen and oxygen atoms in total. The molecule has 1 saturated carbocycles. The number of fused-ring (bicyclic) bond motifs is 1. The van der Waals surface area contributed by atoms with Crippen LogP contribution in [0.25, 0.3) is 0 Å². The molecule has 1 aliphatic heterocycles. The normalized spacial score (nSPS) is 15.6. The van der Waals surface area contributed by atoms with Crippen molar-refractivity contribution in [2.24, 2.45) is 0 Å². The zero-order chi connectivity index (χ0) is 25.2. The van der Waals surface area contributed by atoms with Crippen molar-refractivity contribution in [1.29, 1.82) is 0 Å². The number of nitrogens with one attached hydrogen (secondary N) is 2. The minimum Gasteiger partial charge on any atom is -0.480 e. The fourth-order valence-electron chi connectivity index (χ4n) is 4.69. The topological polar surface area (TPSA) is 104 Å². The molecule has 0 bridgehead atoms. The van der Waals surface area contributed by atoms with Gasteiger partial charge in [0, 0.05) is 31.2 Å². The molecule has 36 heavy (non-hydrogen) atoms. The van der Waals surface area contributed by atoms with Gasteiger partial charge in [-0.05, 0) is 75.1 Å². The molecule has 0 spiro atoms. The summed E-state index contributed by atoms with van der Waals surface area (Å²) in [6.45, 7) is 2.79. The smallest absolute Gasteiger partial charge is 0.407 e. The van der Waals surface area contributed by atoms with Crippen LogP contribution < -0.4 is 10.6 Å². The van der Waals surface area contributed by atoms with Gasteiger partial charge in [0.1, 0.15) is 11.9 Å². The first kappa shape index (κ1) is 25.9. The van der Waals surface area contributed by atoms with Crippen LogP contribution in [0.4, 0.5) is 10.6 Å². The summed E-state index contributed by atoms with van der Waals surface area (Å²) in [5, 5.41) is 15.5. The predicted octanol–water partition coefficient (Wildman–Crippen LogP) is 4.04. The summed E-state index contributed by atoms with van der Waals surface area (Å²) >= 11 is 0. The SMILES string of the molecule is O=C(N[C@@H](CCN(CCCCc1ccc2c(n1)NCCC2)C1CC1)C(=O)O)OCCc1ccccc1. The number of anilines is 1. The number of amides is 1. The molecule has 2 aliphatic rings. The number of aliphatic carboxylic acids is 1. The van der Waals surface area contributed by atoms with E-state index in [1.807, 2.05) is 30.3 Å². The van der Waals surface area contributed by atoms with Crippen LogP contribution in [0.15, 0.2) is 42.5 Å². The maximum Gasteiger partial charge on any atom is 0.407 e. The fourth-order valence-corrected chi connectivity index (χ4v) is 4.69. The molecular formula is C28H38N4O4. The predicted molar refractivity (Wildman–Crippen MR) is 139 cm³/mol. The standard InChI is InChI=1S/C28H38N4O4/c33-27(34)25(31-28(35)36-20-16-21-7-2-1-3-8-21)15-19-32(24-13-14-24)18-5-4-10-23-12-11-22-9-6-17-29-26(22)30-23/h1-3,7-8,11-12,24-25H,4-6,9-10,13-20H2,(H,29,30)(H,31,35)(H,33,34)/t25-/m0/s1. The molecule has 1 aromatic carbocycles. The van der Waals surface area contributed by atoms with Crippen molar-refractivity contribution in [3.8, 4) is 0 Å². The van der Waals surface area contributed by atoms with Crippen molar-refractivity contribution in [2.75, 3.05) is 31.6 Å². The van der Waals surface area contributed by atoms with Gasteiger partial charge in [-0.2, -0.15) is 0 Å². The number of rotatable bonds is 14. The van der Waals surface area contributed by atoms with Crippen LogP contribution in [-0.4, -0.2) is 65.4 Å². The van der Waals surface area contributed by atoms with Crippen LogP contribution in [0, 0.1) is 0 Å². The van der Waals surface area contributed by atoms with Gasteiger partial charge in [-0.3, -0.25) is 0 Å². The average molecular weight is 495 g/mol. The number of nitrogens with zero attached hydrogens (tertiary/aromatic N) is 2. The van der Waals surface area contributed by atoms with Crippen LogP contribution in [-0.2, 0) is 28.8 Å². The van der Waals surface area contributed by atoms with Crippen molar-refractivity contribution in [2.45, 2.75) is 69.9 Å². The summed E-state index contributed by atoms with van der Waals surface area (Å²) in [7, 11) is 0. The number of carbonyl (C=O) groups excluding carboxylic acids is 1. The lowest BCUT2D eigenvalue weighted by Crippen LogP contribution is -2.44. The molecule has 0 saturated heterocycles. The zero-order valence-corrected chi connectivity index (χ0v) is 21.0. The number of benzene rings is 1. The molecule has 1 aliphatic carbocycles. The van der Waals surface area contributed by atoms with E-state index in [2.05, 4.69) is 27.7 Å². The van der Waals surface area contributed by atoms with Crippen molar-refractivity contribution in [3.05, 3.63) is 59.3 Å². The van der Waals surface area contributed by atoms with Gasteiger partial charge in [0.05, 0.1) is 6.61 Å². The van der Waals surface area contributed by atoms with E-state index in [0.717, 1.165) is 68.7 Å². The van der Waals surface area contributed by atoms with Crippen LogP contribution in [0.3, 0.4) is 0 Å². The van der Waals surface area contributed by atoms with Crippen LogP contribution in [0.5, 0.6) is 0 Å². The van der Waals surface area contributed by atoms with E-state index in [4.69, 9.17) is 9.72 Å². The largest absolute Gasteiger partial charge is 0.480 e. The molecular weight excluding hydrogens is 456 g/mol. The Morgan fingerprint density at radius 2 is 1.94 bits per heavy atom. The molecule has 0 radical (unpaired) electrons. The highest BCUT2D eigenvalue weighted by molar-refractivity contribution is 5.79. The van der Waals surface area contributed by atoms with Gasteiger partial charge in [-0.1, -0.05) is 36.4 Å². The molecule has 2 aromatic rings. The lowest BCUT2D eigenvalue weighted by molar-refractivity contribution is -0.139. The molecule has 194 valence electrons. The Balaban J connectivity index is 1.16. The summed E-state index contributed by atoms with van der Waals surface area (Å²) < 4.78 is 5.21. The van der Waals surface area contributed by atoms with E-state index in [1.165, 1.54) is 12.0 Å². The Labute approximate surface area is 213 Å². The number of alkyl carbamates (subject to hydrolysis) is 1. The van der Waals surface area contributed by atoms with Gasteiger partial charge >= 0.3 is 12.1 Å². The quantitative estimate of drug-likeness (QED) is 0.341. The molecule has 2 heterocycles. The monoisotopic (exact) mass is 494 g/mol. The first-order valence-corrected chi connectivity index (χ1v) is 13.3. The van der Waals surface area contributed by atoms with E-state index in [-0.39, 0.29) is 6.61 Å². The van der Waals surface area contributed by atoms with E-state index in [0.29, 0.717) is 25.4 Å². The second kappa shape index (κ2) is 13.3. The number of aromatic nitrogens is 1. The second-order valence-electron chi connectivity index (χ2n) is 9.76.